The predicted molar refractivity (Wildman–Crippen MR) is 91.8 cm³/mol. The van der Waals surface area contributed by atoms with Gasteiger partial charge in [0.05, 0.1) is 6.54 Å². The number of urea groups is 1. The molecule has 0 saturated carbocycles. The van der Waals surface area contributed by atoms with Crippen molar-refractivity contribution in [1.82, 2.24) is 10.6 Å². The lowest BCUT2D eigenvalue weighted by molar-refractivity contribution is -0.115. The van der Waals surface area contributed by atoms with E-state index in [4.69, 9.17) is 23.2 Å². The van der Waals surface area contributed by atoms with E-state index in [9.17, 15) is 9.59 Å². The summed E-state index contributed by atoms with van der Waals surface area (Å²) in [6.07, 6.45) is 0. The second kappa shape index (κ2) is 8.41. The number of carbonyl (C=O) groups is 2. The van der Waals surface area contributed by atoms with E-state index < -0.39 is 6.03 Å². The van der Waals surface area contributed by atoms with Crippen molar-refractivity contribution >= 4 is 40.8 Å². The summed E-state index contributed by atoms with van der Waals surface area (Å²) in [5.41, 5.74) is 1.44. The molecule has 0 aromatic heterocycles. The molecule has 5 nitrogen and oxygen atoms in total. The second-order valence-corrected chi connectivity index (χ2v) is 5.60. The highest BCUT2D eigenvalue weighted by Gasteiger charge is 2.07. The van der Waals surface area contributed by atoms with Crippen LogP contribution in [0, 0.1) is 0 Å². The Kier molecular flexibility index (Phi) is 6.26. The highest BCUT2D eigenvalue weighted by Crippen LogP contribution is 2.22. The van der Waals surface area contributed by atoms with Gasteiger partial charge in [0, 0.05) is 22.3 Å². The number of halogens is 2. The van der Waals surface area contributed by atoms with Gasteiger partial charge in [0.2, 0.25) is 5.91 Å². The standard InChI is InChI=1S/C16H15Cl2N3O2/c17-12-6-13(18)8-14(7-12)21-15(22)10-20-16(23)19-9-11-4-2-1-3-5-11/h1-8H,9-10H2,(H,21,22)(H2,19,20,23). The summed E-state index contributed by atoms with van der Waals surface area (Å²) >= 11 is 11.7. The molecule has 23 heavy (non-hydrogen) atoms. The van der Waals surface area contributed by atoms with Crippen LogP contribution in [0.15, 0.2) is 48.5 Å². The summed E-state index contributed by atoms with van der Waals surface area (Å²) in [4.78, 5) is 23.4. The van der Waals surface area contributed by atoms with Crippen LogP contribution in [0.2, 0.25) is 10.0 Å². The number of anilines is 1. The van der Waals surface area contributed by atoms with Gasteiger partial charge in [-0.1, -0.05) is 53.5 Å². The van der Waals surface area contributed by atoms with E-state index in [1.807, 2.05) is 30.3 Å². The molecular formula is C16H15Cl2N3O2. The van der Waals surface area contributed by atoms with E-state index in [2.05, 4.69) is 16.0 Å². The molecule has 0 saturated heterocycles. The first-order valence-electron chi connectivity index (χ1n) is 6.84. The summed E-state index contributed by atoms with van der Waals surface area (Å²) in [6.45, 7) is 0.225. The molecule has 0 aliphatic carbocycles. The fourth-order valence-electron chi connectivity index (χ4n) is 1.83. The molecule has 0 heterocycles. The van der Waals surface area contributed by atoms with Crippen molar-refractivity contribution in [2.45, 2.75) is 6.54 Å². The Labute approximate surface area is 144 Å². The molecule has 0 radical (unpaired) electrons. The Morgan fingerprint density at radius 1 is 0.913 bits per heavy atom. The number of rotatable bonds is 5. The summed E-state index contributed by atoms with van der Waals surface area (Å²) in [5, 5.41) is 8.58. The molecule has 3 amide bonds. The normalized spacial score (nSPS) is 10.0. The third-order valence-electron chi connectivity index (χ3n) is 2.85. The van der Waals surface area contributed by atoms with Gasteiger partial charge in [0.15, 0.2) is 0 Å². The molecule has 0 spiro atoms. The first-order valence-corrected chi connectivity index (χ1v) is 7.60. The van der Waals surface area contributed by atoms with Gasteiger partial charge < -0.3 is 16.0 Å². The molecule has 2 aromatic rings. The number of benzene rings is 2. The van der Waals surface area contributed by atoms with E-state index in [1.54, 1.807) is 18.2 Å². The van der Waals surface area contributed by atoms with Crippen molar-refractivity contribution in [2.75, 3.05) is 11.9 Å². The maximum atomic E-state index is 11.8. The van der Waals surface area contributed by atoms with Gasteiger partial charge in [-0.3, -0.25) is 4.79 Å². The fraction of sp³-hybridized carbons (Fsp3) is 0.125. The minimum absolute atomic E-state index is 0.162. The summed E-state index contributed by atoms with van der Waals surface area (Å²) in [7, 11) is 0. The van der Waals surface area contributed by atoms with Crippen LogP contribution in [0.4, 0.5) is 10.5 Å². The molecule has 0 aliphatic heterocycles. The van der Waals surface area contributed by atoms with Gasteiger partial charge in [-0.05, 0) is 23.8 Å². The summed E-state index contributed by atoms with van der Waals surface area (Å²) < 4.78 is 0. The van der Waals surface area contributed by atoms with Gasteiger partial charge in [-0.25, -0.2) is 4.79 Å². The third kappa shape index (κ3) is 6.18. The van der Waals surface area contributed by atoms with Crippen LogP contribution >= 0.6 is 23.2 Å². The van der Waals surface area contributed by atoms with Gasteiger partial charge in [-0.2, -0.15) is 0 Å². The summed E-state index contributed by atoms with van der Waals surface area (Å²) in [5.74, 6) is -0.377. The Balaban J connectivity index is 1.74. The van der Waals surface area contributed by atoms with Gasteiger partial charge in [0.25, 0.3) is 0 Å². The number of nitrogens with one attached hydrogen (secondary N) is 3. The predicted octanol–water partition coefficient (Wildman–Crippen LogP) is 3.43. The largest absolute Gasteiger partial charge is 0.334 e. The lowest BCUT2D eigenvalue weighted by Crippen LogP contribution is -2.39. The van der Waals surface area contributed by atoms with Gasteiger partial charge in [-0.15, -0.1) is 0 Å². The van der Waals surface area contributed by atoms with Crippen LogP contribution in [0.3, 0.4) is 0 Å². The molecular weight excluding hydrogens is 337 g/mol. The SMILES string of the molecule is O=C(CNC(=O)NCc1ccccc1)Nc1cc(Cl)cc(Cl)c1. The zero-order chi connectivity index (χ0) is 16.7. The first kappa shape index (κ1) is 17.1. The van der Waals surface area contributed by atoms with Crippen LogP contribution in [-0.2, 0) is 11.3 Å². The minimum Gasteiger partial charge on any atom is -0.334 e. The van der Waals surface area contributed by atoms with Gasteiger partial charge >= 0.3 is 6.03 Å². The topological polar surface area (TPSA) is 70.2 Å². The smallest absolute Gasteiger partial charge is 0.315 e. The molecule has 3 N–H and O–H groups in total. The van der Waals surface area contributed by atoms with Crippen molar-refractivity contribution < 1.29 is 9.59 Å². The number of amides is 3. The van der Waals surface area contributed by atoms with Crippen LogP contribution in [0.1, 0.15) is 5.56 Å². The minimum atomic E-state index is -0.423. The second-order valence-electron chi connectivity index (χ2n) is 4.73. The maximum absolute atomic E-state index is 11.8. The maximum Gasteiger partial charge on any atom is 0.315 e. The Hall–Kier alpha value is -2.24. The molecule has 0 bridgehead atoms. The van der Waals surface area contributed by atoms with E-state index in [-0.39, 0.29) is 12.5 Å². The van der Waals surface area contributed by atoms with E-state index in [1.165, 1.54) is 0 Å². The quantitative estimate of drug-likeness (QED) is 0.772. The number of hydrogen-bond donors (Lipinski definition) is 3. The molecule has 0 aliphatic rings. The molecule has 7 heteroatoms. The lowest BCUT2D eigenvalue weighted by Gasteiger charge is -2.09. The zero-order valence-corrected chi connectivity index (χ0v) is 13.6. The average molecular weight is 352 g/mol. The van der Waals surface area contributed by atoms with Crippen molar-refractivity contribution in [2.24, 2.45) is 0 Å². The molecule has 0 unspecified atom stereocenters. The Morgan fingerprint density at radius 3 is 2.22 bits per heavy atom. The van der Waals surface area contributed by atoms with Crippen molar-refractivity contribution in [1.29, 1.82) is 0 Å². The first-order chi connectivity index (χ1) is 11.0. The van der Waals surface area contributed by atoms with Crippen LogP contribution < -0.4 is 16.0 Å². The average Bonchev–Trinajstić information content (AvgIpc) is 2.51. The van der Waals surface area contributed by atoms with Gasteiger partial charge in [0.1, 0.15) is 0 Å². The van der Waals surface area contributed by atoms with Crippen LogP contribution in [0.5, 0.6) is 0 Å². The molecule has 2 aromatic carbocycles. The highest BCUT2D eigenvalue weighted by molar-refractivity contribution is 6.35. The molecule has 0 fully saturated rings. The third-order valence-corrected chi connectivity index (χ3v) is 3.29. The monoisotopic (exact) mass is 351 g/mol. The van der Waals surface area contributed by atoms with Crippen LogP contribution in [-0.4, -0.2) is 18.5 Å². The fourth-order valence-corrected chi connectivity index (χ4v) is 2.36. The Morgan fingerprint density at radius 2 is 1.57 bits per heavy atom. The van der Waals surface area contributed by atoms with E-state index in [0.29, 0.717) is 22.3 Å². The zero-order valence-electron chi connectivity index (χ0n) is 12.1. The van der Waals surface area contributed by atoms with Crippen molar-refractivity contribution in [3.63, 3.8) is 0 Å². The lowest BCUT2D eigenvalue weighted by atomic mass is 10.2. The molecule has 0 atom stereocenters. The number of carbonyl (C=O) groups excluding carboxylic acids is 2. The molecule has 2 rings (SSSR count). The van der Waals surface area contributed by atoms with E-state index >= 15 is 0 Å². The highest BCUT2D eigenvalue weighted by atomic mass is 35.5. The van der Waals surface area contributed by atoms with Crippen molar-refractivity contribution in [3.05, 3.63) is 64.1 Å². The van der Waals surface area contributed by atoms with Crippen LogP contribution in [0.25, 0.3) is 0 Å². The number of hydrogen-bond acceptors (Lipinski definition) is 2. The van der Waals surface area contributed by atoms with Crippen molar-refractivity contribution in [3.8, 4) is 0 Å². The Bertz CT molecular complexity index is 673. The molecule has 120 valence electrons. The van der Waals surface area contributed by atoms with E-state index in [0.717, 1.165) is 5.56 Å². The summed E-state index contributed by atoms with van der Waals surface area (Å²) in [6, 6.07) is 13.8.